The highest BCUT2D eigenvalue weighted by atomic mass is 32.2. The van der Waals surface area contributed by atoms with Crippen molar-refractivity contribution in [1.82, 2.24) is 9.36 Å². The van der Waals surface area contributed by atoms with Crippen LogP contribution in [-0.2, 0) is 10.2 Å². The minimum atomic E-state index is -3.16. The highest BCUT2D eigenvalue weighted by Gasteiger charge is 1.95. The van der Waals surface area contributed by atoms with Crippen LogP contribution in [0.25, 0.3) is 0 Å². The van der Waals surface area contributed by atoms with Gasteiger partial charge in [0.15, 0.2) is 0 Å². The SMILES string of the molecule is BNS(=O)(=O)NC. The fourth-order valence-corrected chi connectivity index (χ4v) is 0.306. The van der Waals surface area contributed by atoms with Crippen molar-refractivity contribution in [3.05, 3.63) is 0 Å². The van der Waals surface area contributed by atoms with E-state index in [2.05, 4.69) is 9.36 Å². The molecule has 7 heavy (non-hydrogen) atoms. The van der Waals surface area contributed by atoms with Gasteiger partial charge in [-0.2, -0.15) is 8.42 Å². The lowest BCUT2D eigenvalue weighted by molar-refractivity contribution is 0.586. The Bertz CT molecular complexity index is 119. The summed E-state index contributed by atoms with van der Waals surface area (Å²) < 4.78 is 24.4. The van der Waals surface area contributed by atoms with Gasteiger partial charge in [0.2, 0.25) is 7.98 Å². The maximum absolute atomic E-state index is 10.1. The van der Waals surface area contributed by atoms with E-state index in [4.69, 9.17) is 0 Å². The number of hydrogen-bond donors (Lipinski definition) is 2. The molecule has 0 unspecified atom stereocenters. The van der Waals surface area contributed by atoms with Crippen LogP contribution in [0.5, 0.6) is 0 Å². The first kappa shape index (κ1) is 6.93. The van der Waals surface area contributed by atoms with Gasteiger partial charge in [0.05, 0.1) is 0 Å². The standard InChI is InChI=1S/CH7BN2O2S/c1-3-7(5,6)4-2/h3-4H,2H2,1H3. The summed E-state index contributed by atoms with van der Waals surface area (Å²) in [6, 6.07) is 0. The molecule has 0 amide bonds. The second-order valence-corrected chi connectivity index (χ2v) is 2.74. The van der Waals surface area contributed by atoms with Gasteiger partial charge in [-0.05, 0) is 0 Å². The van der Waals surface area contributed by atoms with Gasteiger partial charge in [0.1, 0.15) is 0 Å². The molecule has 0 fully saturated rings. The van der Waals surface area contributed by atoms with E-state index in [1.807, 2.05) is 0 Å². The van der Waals surface area contributed by atoms with E-state index < -0.39 is 10.2 Å². The molecular formula is CH7BN2O2S. The topological polar surface area (TPSA) is 58.2 Å². The molecule has 0 spiro atoms. The molecule has 0 heterocycles. The molecule has 0 saturated heterocycles. The van der Waals surface area contributed by atoms with Crippen molar-refractivity contribution in [2.75, 3.05) is 7.05 Å². The molecule has 0 aliphatic rings. The molecule has 6 heteroatoms. The average Bonchev–Trinajstić information content (AvgIpc) is 1.68. The highest BCUT2D eigenvalue weighted by Crippen LogP contribution is 1.62. The third kappa shape index (κ3) is 2.61. The Labute approximate surface area is 43.9 Å². The summed E-state index contributed by atoms with van der Waals surface area (Å²) in [5.41, 5.74) is 0. The molecule has 42 valence electrons. The average molecular weight is 122 g/mol. The molecule has 0 aromatic heterocycles. The molecule has 0 atom stereocenters. The Morgan fingerprint density at radius 3 is 2.00 bits per heavy atom. The van der Waals surface area contributed by atoms with Crippen molar-refractivity contribution in [1.29, 1.82) is 0 Å². The van der Waals surface area contributed by atoms with Gasteiger partial charge in [-0.25, -0.2) is 4.72 Å². The summed E-state index contributed by atoms with van der Waals surface area (Å²) in [4.78, 5) is 0. The van der Waals surface area contributed by atoms with Gasteiger partial charge in [0.25, 0.3) is 10.2 Å². The lowest BCUT2D eigenvalue weighted by Gasteiger charge is -1.94. The lowest BCUT2D eigenvalue weighted by Crippen LogP contribution is -2.31. The molecule has 0 rings (SSSR count). The van der Waals surface area contributed by atoms with Gasteiger partial charge < -0.3 is 0 Å². The summed E-state index contributed by atoms with van der Waals surface area (Å²) in [7, 11) is -0.479. The van der Waals surface area contributed by atoms with E-state index in [9.17, 15) is 8.42 Å². The molecular weight excluding hydrogens is 115 g/mol. The summed E-state index contributed by atoms with van der Waals surface area (Å²) in [6.45, 7) is 0. The minimum absolute atomic E-state index is 1.34. The predicted molar refractivity (Wildman–Crippen MR) is 29.7 cm³/mol. The van der Waals surface area contributed by atoms with Crippen LogP contribution in [0.15, 0.2) is 0 Å². The van der Waals surface area contributed by atoms with E-state index in [-0.39, 0.29) is 0 Å². The molecule has 0 aromatic rings. The number of nitrogens with one attached hydrogen (secondary N) is 2. The zero-order chi connectivity index (χ0) is 5.91. The second kappa shape index (κ2) is 2.30. The van der Waals surface area contributed by atoms with Crippen LogP contribution in [-0.4, -0.2) is 23.4 Å². The van der Waals surface area contributed by atoms with Crippen molar-refractivity contribution in [2.45, 2.75) is 0 Å². The molecule has 2 N–H and O–H groups in total. The van der Waals surface area contributed by atoms with Crippen molar-refractivity contribution >= 4 is 18.2 Å². The first-order valence-corrected chi connectivity index (χ1v) is 3.22. The Balaban J connectivity index is 3.89. The van der Waals surface area contributed by atoms with Crippen LogP contribution in [0.2, 0.25) is 0 Å². The summed E-state index contributed by atoms with van der Waals surface area (Å²) >= 11 is 0. The van der Waals surface area contributed by atoms with Crippen LogP contribution < -0.4 is 9.36 Å². The van der Waals surface area contributed by atoms with Gasteiger partial charge in [0, 0.05) is 7.05 Å². The van der Waals surface area contributed by atoms with Crippen LogP contribution in [0.1, 0.15) is 0 Å². The largest absolute Gasteiger partial charge is 0.266 e. The monoisotopic (exact) mass is 122 g/mol. The molecule has 0 aliphatic carbocycles. The third-order valence-electron chi connectivity index (χ3n) is 0.537. The summed E-state index contributed by atoms with van der Waals surface area (Å²) in [6.07, 6.45) is 0. The van der Waals surface area contributed by atoms with E-state index in [0.717, 1.165) is 0 Å². The van der Waals surface area contributed by atoms with Gasteiger partial charge in [-0.3, -0.25) is 4.63 Å². The zero-order valence-electron chi connectivity index (χ0n) is 4.22. The quantitative estimate of drug-likeness (QED) is 0.400. The molecule has 0 bridgehead atoms. The minimum Gasteiger partial charge on any atom is -0.250 e. The van der Waals surface area contributed by atoms with Crippen LogP contribution in [0.3, 0.4) is 0 Å². The van der Waals surface area contributed by atoms with Crippen LogP contribution in [0.4, 0.5) is 0 Å². The van der Waals surface area contributed by atoms with Crippen LogP contribution >= 0.6 is 0 Å². The molecule has 4 nitrogen and oxygen atoms in total. The van der Waals surface area contributed by atoms with E-state index in [1.54, 1.807) is 0 Å². The first-order valence-electron chi connectivity index (χ1n) is 1.74. The smallest absolute Gasteiger partial charge is 0.250 e. The summed E-state index contributed by atoms with van der Waals surface area (Å²) in [5, 5.41) is 0. The summed E-state index contributed by atoms with van der Waals surface area (Å²) in [5.74, 6) is 0. The Kier molecular flexibility index (Phi) is 2.27. The Morgan fingerprint density at radius 2 is 2.00 bits per heavy atom. The maximum Gasteiger partial charge on any atom is 0.266 e. The van der Waals surface area contributed by atoms with Crippen molar-refractivity contribution < 1.29 is 8.42 Å². The van der Waals surface area contributed by atoms with E-state index >= 15 is 0 Å². The lowest BCUT2D eigenvalue weighted by atomic mass is 10.5. The maximum atomic E-state index is 10.1. The predicted octanol–water partition coefficient (Wildman–Crippen LogP) is -2.41. The number of hydrogen-bond acceptors (Lipinski definition) is 2. The van der Waals surface area contributed by atoms with Crippen molar-refractivity contribution in [3.8, 4) is 0 Å². The van der Waals surface area contributed by atoms with Crippen molar-refractivity contribution in [2.24, 2.45) is 0 Å². The first-order chi connectivity index (χ1) is 3.12. The fraction of sp³-hybridized carbons (Fsp3) is 1.00. The fourth-order valence-electron chi connectivity index (χ4n) is 0.102. The van der Waals surface area contributed by atoms with Gasteiger partial charge >= 0.3 is 0 Å². The Hall–Kier alpha value is -0.0651. The second-order valence-electron chi connectivity index (χ2n) is 0.912. The third-order valence-corrected chi connectivity index (χ3v) is 1.61. The molecule has 0 aromatic carbocycles. The Morgan fingerprint density at radius 1 is 1.57 bits per heavy atom. The zero-order valence-corrected chi connectivity index (χ0v) is 5.04. The molecule has 0 radical (unpaired) electrons. The van der Waals surface area contributed by atoms with E-state index in [1.165, 1.54) is 15.0 Å². The van der Waals surface area contributed by atoms with Gasteiger partial charge in [-0.15, -0.1) is 0 Å². The van der Waals surface area contributed by atoms with Crippen molar-refractivity contribution in [3.63, 3.8) is 0 Å². The number of rotatable bonds is 2. The normalized spacial score (nSPS) is 11.6. The van der Waals surface area contributed by atoms with E-state index in [0.29, 0.717) is 0 Å². The van der Waals surface area contributed by atoms with Gasteiger partial charge in [-0.1, -0.05) is 0 Å². The highest BCUT2D eigenvalue weighted by molar-refractivity contribution is 7.88. The molecule has 0 aliphatic heterocycles. The van der Waals surface area contributed by atoms with Crippen LogP contribution in [0, 0.1) is 0 Å². The molecule has 0 saturated carbocycles.